The summed E-state index contributed by atoms with van der Waals surface area (Å²) in [5.74, 6) is -0.824. The first-order valence-electron chi connectivity index (χ1n) is 7.04. The van der Waals surface area contributed by atoms with E-state index in [1.54, 1.807) is 6.07 Å². The Kier molecular flexibility index (Phi) is 5.58. The zero-order valence-electron chi connectivity index (χ0n) is 11.7. The Hall–Kier alpha value is -1.14. The van der Waals surface area contributed by atoms with E-state index in [2.05, 4.69) is 21.2 Å². The molecule has 21 heavy (non-hydrogen) atoms. The number of nitrogens with one attached hydrogen (secondary N) is 1. The van der Waals surface area contributed by atoms with E-state index >= 15 is 0 Å². The van der Waals surface area contributed by atoms with Crippen molar-refractivity contribution >= 4 is 21.8 Å². The van der Waals surface area contributed by atoms with Crippen molar-refractivity contribution in [3.63, 3.8) is 0 Å². The van der Waals surface area contributed by atoms with Crippen molar-refractivity contribution in [2.75, 3.05) is 13.2 Å². The molecule has 1 amide bonds. The van der Waals surface area contributed by atoms with Crippen molar-refractivity contribution in [1.82, 2.24) is 5.32 Å². The third-order valence-corrected chi connectivity index (χ3v) is 4.26. The fraction of sp³-hybridized carbons (Fsp3) is 0.533. The molecule has 0 saturated heterocycles. The fourth-order valence-electron chi connectivity index (χ4n) is 2.62. The standard InChI is InChI=1S/C15H19BrFNO3/c16-11-4-5-13(12(17)8-11)21-9-14(20)18-15(10-19)6-2-1-3-7-15/h4-5,8,19H,1-3,6-7,9-10H2,(H,18,20). The molecule has 116 valence electrons. The number of benzene rings is 1. The number of aliphatic hydroxyl groups is 1. The number of carbonyl (C=O) groups excluding carboxylic acids is 1. The molecule has 1 aliphatic carbocycles. The summed E-state index contributed by atoms with van der Waals surface area (Å²) in [6.07, 6.45) is 4.63. The van der Waals surface area contributed by atoms with Gasteiger partial charge in [0.1, 0.15) is 0 Å². The van der Waals surface area contributed by atoms with Crippen molar-refractivity contribution in [2.24, 2.45) is 0 Å². The SMILES string of the molecule is O=C(COc1ccc(Br)cc1F)NC1(CO)CCCCC1. The maximum absolute atomic E-state index is 13.6. The van der Waals surface area contributed by atoms with Crippen LogP contribution in [-0.2, 0) is 4.79 Å². The summed E-state index contributed by atoms with van der Waals surface area (Å²) in [5, 5.41) is 12.4. The monoisotopic (exact) mass is 359 g/mol. The van der Waals surface area contributed by atoms with Crippen LogP contribution in [0.15, 0.2) is 22.7 Å². The number of hydrogen-bond acceptors (Lipinski definition) is 3. The van der Waals surface area contributed by atoms with Gasteiger partial charge in [-0.25, -0.2) is 4.39 Å². The lowest BCUT2D eigenvalue weighted by atomic mass is 9.82. The van der Waals surface area contributed by atoms with Gasteiger partial charge in [-0.2, -0.15) is 0 Å². The molecule has 0 unspecified atom stereocenters. The smallest absolute Gasteiger partial charge is 0.258 e. The number of amides is 1. The van der Waals surface area contributed by atoms with Gasteiger partial charge in [-0.1, -0.05) is 35.2 Å². The maximum Gasteiger partial charge on any atom is 0.258 e. The van der Waals surface area contributed by atoms with Crippen LogP contribution in [-0.4, -0.2) is 29.8 Å². The summed E-state index contributed by atoms with van der Waals surface area (Å²) < 4.78 is 19.4. The summed E-state index contributed by atoms with van der Waals surface area (Å²) >= 11 is 3.16. The number of halogens is 2. The summed E-state index contributed by atoms with van der Waals surface area (Å²) in [6.45, 7) is -0.342. The van der Waals surface area contributed by atoms with Crippen LogP contribution < -0.4 is 10.1 Å². The van der Waals surface area contributed by atoms with Gasteiger partial charge in [-0.3, -0.25) is 4.79 Å². The van der Waals surface area contributed by atoms with Gasteiger partial charge in [0.25, 0.3) is 5.91 Å². The Labute approximate surface area is 131 Å². The van der Waals surface area contributed by atoms with Gasteiger partial charge in [0, 0.05) is 4.47 Å². The Morgan fingerprint density at radius 3 is 2.71 bits per heavy atom. The van der Waals surface area contributed by atoms with Crippen molar-refractivity contribution in [3.8, 4) is 5.75 Å². The van der Waals surface area contributed by atoms with E-state index in [0.717, 1.165) is 32.1 Å². The molecule has 0 aliphatic heterocycles. The minimum Gasteiger partial charge on any atom is -0.481 e. The Bertz CT molecular complexity index is 504. The lowest BCUT2D eigenvalue weighted by Gasteiger charge is -2.36. The van der Waals surface area contributed by atoms with Crippen molar-refractivity contribution in [3.05, 3.63) is 28.5 Å². The van der Waals surface area contributed by atoms with E-state index in [9.17, 15) is 14.3 Å². The zero-order valence-corrected chi connectivity index (χ0v) is 13.3. The van der Waals surface area contributed by atoms with Gasteiger partial charge in [-0.05, 0) is 31.0 Å². The highest BCUT2D eigenvalue weighted by Crippen LogP contribution is 2.27. The molecule has 1 aromatic carbocycles. The van der Waals surface area contributed by atoms with E-state index in [0.29, 0.717) is 4.47 Å². The third-order valence-electron chi connectivity index (χ3n) is 3.77. The lowest BCUT2D eigenvalue weighted by molar-refractivity contribution is -0.126. The number of hydrogen-bond donors (Lipinski definition) is 2. The average Bonchev–Trinajstić information content (AvgIpc) is 2.47. The normalized spacial score (nSPS) is 17.3. The second kappa shape index (κ2) is 7.22. The average molecular weight is 360 g/mol. The lowest BCUT2D eigenvalue weighted by Crippen LogP contribution is -2.53. The Morgan fingerprint density at radius 1 is 1.38 bits per heavy atom. The molecule has 2 N–H and O–H groups in total. The Morgan fingerprint density at radius 2 is 2.10 bits per heavy atom. The van der Waals surface area contributed by atoms with E-state index in [4.69, 9.17) is 4.74 Å². The minimum absolute atomic E-state index is 0.0371. The topological polar surface area (TPSA) is 58.6 Å². The predicted octanol–water partition coefficient (Wildman–Crippen LogP) is 2.78. The molecule has 0 aromatic heterocycles. The third kappa shape index (κ3) is 4.41. The highest BCUT2D eigenvalue weighted by atomic mass is 79.9. The number of rotatable bonds is 5. The number of aliphatic hydroxyl groups excluding tert-OH is 1. The molecule has 0 bridgehead atoms. The van der Waals surface area contributed by atoms with Crippen LogP contribution in [0.25, 0.3) is 0 Å². The number of carbonyl (C=O) groups is 1. The quantitative estimate of drug-likeness (QED) is 0.849. The minimum atomic E-state index is -0.545. The molecule has 2 rings (SSSR count). The van der Waals surface area contributed by atoms with Crippen molar-refractivity contribution in [2.45, 2.75) is 37.6 Å². The first kappa shape index (κ1) is 16.2. The molecular formula is C15H19BrFNO3. The number of ether oxygens (including phenoxy) is 1. The summed E-state index contributed by atoms with van der Waals surface area (Å²) in [5.41, 5.74) is -0.545. The molecular weight excluding hydrogens is 341 g/mol. The first-order valence-corrected chi connectivity index (χ1v) is 7.84. The Balaban J connectivity index is 1.89. The predicted molar refractivity (Wildman–Crippen MR) is 80.6 cm³/mol. The van der Waals surface area contributed by atoms with E-state index in [1.165, 1.54) is 12.1 Å². The van der Waals surface area contributed by atoms with Crippen molar-refractivity contribution in [1.29, 1.82) is 0 Å². The van der Waals surface area contributed by atoms with Crippen LogP contribution in [0.2, 0.25) is 0 Å². The van der Waals surface area contributed by atoms with Crippen LogP contribution in [0.5, 0.6) is 5.75 Å². The first-order chi connectivity index (χ1) is 10.0. The maximum atomic E-state index is 13.6. The van der Waals surface area contributed by atoms with Crippen LogP contribution in [0.1, 0.15) is 32.1 Å². The molecule has 0 heterocycles. The fourth-order valence-corrected chi connectivity index (χ4v) is 2.95. The van der Waals surface area contributed by atoms with Crippen LogP contribution >= 0.6 is 15.9 Å². The zero-order chi connectivity index (χ0) is 15.3. The van der Waals surface area contributed by atoms with Gasteiger partial charge < -0.3 is 15.2 Å². The second-order valence-electron chi connectivity index (χ2n) is 5.41. The molecule has 1 aliphatic rings. The van der Waals surface area contributed by atoms with Gasteiger partial charge in [0.15, 0.2) is 18.2 Å². The van der Waals surface area contributed by atoms with E-state index in [-0.39, 0.29) is 24.9 Å². The van der Waals surface area contributed by atoms with Gasteiger partial charge in [0.2, 0.25) is 0 Å². The molecule has 1 aromatic rings. The highest BCUT2D eigenvalue weighted by molar-refractivity contribution is 9.10. The second-order valence-corrected chi connectivity index (χ2v) is 6.33. The molecule has 1 saturated carbocycles. The summed E-state index contributed by atoms with van der Waals surface area (Å²) in [4.78, 5) is 11.9. The van der Waals surface area contributed by atoms with Crippen LogP contribution in [0, 0.1) is 5.82 Å². The van der Waals surface area contributed by atoms with E-state index in [1.807, 2.05) is 0 Å². The van der Waals surface area contributed by atoms with E-state index < -0.39 is 11.4 Å². The van der Waals surface area contributed by atoms with Crippen LogP contribution in [0.3, 0.4) is 0 Å². The van der Waals surface area contributed by atoms with Gasteiger partial charge >= 0.3 is 0 Å². The van der Waals surface area contributed by atoms with Gasteiger partial charge in [0.05, 0.1) is 12.1 Å². The highest BCUT2D eigenvalue weighted by Gasteiger charge is 2.32. The molecule has 4 nitrogen and oxygen atoms in total. The molecule has 1 fully saturated rings. The molecule has 0 radical (unpaired) electrons. The molecule has 0 atom stereocenters. The summed E-state index contributed by atoms with van der Waals surface area (Å²) in [7, 11) is 0. The molecule has 0 spiro atoms. The van der Waals surface area contributed by atoms with Crippen molar-refractivity contribution < 1.29 is 19.0 Å². The van der Waals surface area contributed by atoms with Crippen LogP contribution in [0.4, 0.5) is 4.39 Å². The summed E-state index contributed by atoms with van der Waals surface area (Å²) in [6, 6.07) is 4.39. The van der Waals surface area contributed by atoms with Gasteiger partial charge in [-0.15, -0.1) is 0 Å². The molecule has 6 heteroatoms. The largest absolute Gasteiger partial charge is 0.481 e.